The van der Waals surface area contributed by atoms with Gasteiger partial charge in [-0.3, -0.25) is 9.59 Å². The Morgan fingerprint density at radius 2 is 1.48 bits per heavy atom. The predicted molar refractivity (Wildman–Crippen MR) is 113 cm³/mol. The molecule has 2 amide bonds. The number of hydrogen-bond donors (Lipinski definition) is 0. The first-order valence-electron chi connectivity index (χ1n) is 12.0. The zero-order chi connectivity index (χ0) is 20.6. The zero-order valence-corrected chi connectivity index (χ0v) is 18.7. The topological polar surface area (TPSA) is 49.9 Å². The van der Waals surface area contributed by atoms with Gasteiger partial charge in [-0.1, -0.05) is 26.7 Å². The Kier molecular flexibility index (Phi) is 6.24. The van der Waals surface area contributed by atoms with Crippen molar-refractivity contribution in [1.82, 2.24) is 9.80 Å². The van der Waals surface area contributed by atoms with Crippen LogP contribution < -0.4 is 0 Å². The van der Waals surface area contributed by atoms with Gasteiger partial charge in [0.15, 0.2) is 0 Å². The Morgan fingerprint density at radius 3 is 2.07 bits per heavy atom. The molecule has 29 heavy (non-hydrogen) atoms. The molecule has 0 aromatic rings. The summed E-state index contributed by atoms with van der Waals surface area (Å²) in [5, 5.41) is 0. The van der Waals surface area contributed by atoms with Crippen LogP contribution in [0.5, 0.6) is 0 Å². The smallest absolute Gasteiger partial charge is 0.233 e. The maximum atomic E-state index is 13.1. The molecule has 0 bridgehead atoms. The van der Waals surface area contributed by atoms with Gasteiger partial charge in [0.25, 0.3) is 0 Å². The molecule has 0 aromatic carbocycles. The molecule has 164 valence electrons. The van der Waals surface area contributed by atoms with Crippen LogP contribution >= 0.6 is 0 Å². The molecular formula is C24H40N2O3. The molecule has 0 N–H and O–H groups in total. The van der Waals surface area contributed by atoms with Crippen molar-refractivity contribution in [3.05, 3.63) is 0 Å². The number of ether oxygens (including phenoxy) is 1. The van der Waals surface area contributed by atoms with E-state index in [0.717, 1.165) is 36.5 Å². The minimum Gasteiger partial charge on any atom is -0.379 e. The molecule has 3 unspecified atom stereocenters. The summed E-state index contributed by atoms with van der Waals surface area (Å²) in [6.45, 7) is 10.7. The van der Waals surface area contributed by atoms with Crippen molar-refractivity contribution in [2.24, 2.45) is 35.0 Å². The Hall–Kier alpha value is -1.10. The van der Waals surface area contributed by atoms with Crippen molar-refractivity contribution < 1.29 is 14.3 Å². The van der Waals surface area contributed by atoms with Gasteiger partial charge in [0.2, 0.25) is 11.8 Å². The van der Waals surface area contributed by atoms with Crippen molar-refractivity contribution in [3.8, 4) is 0 Å². The van der Waals surface area contributed by atoms with Gasteiger partial charge in [-0.15, -0.1) is 0 Å². The van der Waals surface area contributed by atoms with Gasteiger partial charge in [0.05, 0.1) is 18.6 Å². The summed E-state index contributed by atoms with van der Waals surface area (Å²) >= 11 is 0. The van der Waals surface area contributed by atoms with Crippen LogP contribution in [0.2, 0.25) is 0 Å². The van der Waals surface area contributed by atoms with Crippen molar-refractivity contribution in [1.29, 1.82) is 0 Å². The maximum Gasteiger partial charge on any atom is 0.233 e. The molecule has 0 radical (unpaired) electrons. The fraction of sp³-hybridized carbons (Fsp3) is 0.917. The fourth-order valence-corrected chi connectivity index (χ4v) is 6.33. The van der Waals surface area contributed by atoms with Gasteiger partial charge in [0.1, 0.15) is 0 Å². The van der Waals surface area contributed by atoms with E-state index in [-0.39, 0.29) is 17.2 Å². The summed E-state index contributed by atoms with van der Waals surface area (Å²) in [6, 6.07) is 0. The van der Waals surface area contributed by atoms with Gasteiger partial charge in [-0.2, -0.15) is 0 Å². The van der Waals surface area contributed by atoms with Crippen LogP contribution in [-0.4, -0.2) is 61.0 Å². The minimum atomic E-state index is -0.335. The third kappa shape index (κ3) is 4.35. The lowest BCUT2D eigenvalue weighted by Crippen LogP contribution is -2.59. The molecule has 2 aliphatic heterocycles. The van der Waals surface area contributed by atoms with E-state index in [2.05, 4.69) is 13.8 Å². The van der Waals surface area contributed by atoms with Crippen LogP contribution in [0.15, 0.2) is 0 Å². The molecule has 0 aromatic heterocycles. The lowest BCUT2D eigenvalue weighted by Gasteiger charge is -2.44. The molecule has 2 saturated heterocycles. The minimum absolute atomic E-state index is 0.201. The molecule has 3 atom stereocenters. The molecule has 5 nitrogen and oxygen atoms in total. The van der Waals surface area contributed by atoms with E-state index in [9.17, 15) is 9.59 Å². The Balaban J connectivity index is 1.23. The molecule has 5 heteroatoms. The highest BCUT2D eigenvalue weighted by Crippen LogP contribution is 2.44. The lowest BCUT2D eigenvalue weighted by molar-refractivity contribution is -0.171. The maximum absolute atomic E-state index is 13.1. The summed E-state index contributed by atoms with van der Waals surface area (Å²) in [4.78, 5) is 29.7. The highest BCUT2D eigenvalue weighted by atomic mass is 16.5. The third-order valence-electron chi connectivity index (χ3n) is 8.48. The van der Waals surface area contributed by atoms with Gasteiger partial charge in [-0.05, 0) is 62.7 Å². The van der Waals surface area contributed by atoms with E-state index in [1.807, 2.05) is 16.7 Å². The summed E-state index contributed by atoms with van der Waals surface area (Å²) in [5.41, 5.74) is -0.335. The number of piperazine rings is 1. The molecule has 0 spiro atoms. The second kappa shape index (κ2) is 8.56. The highest BCUT2D eigenvalue weighted by molar-refractivity contribution is 5.84. The number of nitrogens with zero attached hydrogens (tertiary/aromatic N) is 2. The Labute approximate surface area is 176 Å². The van der Waals surface area contributed by atoms with Crippen LogP contribution in [0.3, 0.4) is 0 Å². The van der Waals surface area contributed by atoms with Gasteiger partial charge >= 0.3 is 0 Å². The van der Waals surface area contributed by atoms with Crippen molar-refractivity contribution in [3.63, 3.8) is 0 Å². The average Bonchev–Trinajstić information content (AvgIpc) is 2.73. The van der Waals surface area contributed by atoms with Gasteiger partial charge in [0, 0.05) is 32.1 Å². The van der Waals surface area contributed by atoms with Crippen LogP contribution in [0.4, 0.5) is 0 Å². The third-order valence-corrected chi connectivity index (χ3v) is 8.48. The van der Waals surface area contributed by atoms with Crippen LogP contribution in [0.1, 0.15) is 65.7 Å². The molecule has 2 saturated carbocycles. The Bertz CT molecular complexity index is 601. The average molecular weight is 405 g/mol. The second-order valence-corrected chi connectivity index (χ2v) is 10.8. The first-order valence-corrected chi connectivity index (χ1v) is 12.0. The van der Waals surface area contributed by atoms with Crippen LogP contribution in [0, 0.1) is 35.0 Å². The van der Waals surface area contributed by atoms with Gasteiger partial charge < -0.3 is 14.5 Å². The summed E-state index contributed by atoms with van der Waals surface area (Å²) in [6.07, 6.45) is 8.77. The van der Waals surface area contributed by atoms with E-state index in [1.54, 1.807) is 0 Å². The molecule has 2 heterocycles. The molecule has 4 rings (SSSR count). The summed E-state index contributed by atoms with van der Waals surface area (Å²) in [5.74, 6) is 4.20. The van der Waals surface area contributed by atoms with Crippen molar-refractivity contribution in [2.45, 2.75) is 65.7 Å². The number of amides is 2. The second-order valence-electron chi connectivity index (χ2n) is 10.8. The van der Waals surface area contributed by atoms with Crippen molar-refractivity contribution in [2.75, 3.05) is 39.4 Å². The van der Waals surface area contributed by atoms with E-state index < -0.39 is 0 Å². The summed E-state index contributed by atoms with van der Waals surface area (Å²) in [7, 11) is 0. The van der Waals surface area contributed by atoms with E-state index in [4.69, 9.17) is 4.74 Å². The molecule has 4 fully saturated rings. The normalized spacial score (nSPS) is 37.7. The fourth-order valence-electron chi connectivity index (χ4n) is 6.33. The summed E-state index contributed by atoms with van der Waals surface area (Å²) < 4.78 is 5.24. The largest absolute Gasteiger partial charge is 0.379 e. The van der Waals surface area contributed by atoms with E-state index in [0.29, 0.717) is 45.3 Å². The highest BCUT2D eigenvalue weighted by Gasteiger charge is 2.44. The lowest BCUT2D eigenvalue weighted by atomic mass is 9.65. The van der Waals surface area contributed by atoms with Crippen LogP contribution in [-0.2, 0) is 14.3 Å². The monoisotopic (exact) mass is 404 g/mol. The molecule has 2 aliphatic carbocycles. The standard InChI is InChI=1S/C24H40N2O3/c1-17-4-5-18(2)21(14-17)19-6-8-20(9-7-19)22(27)25-10-12-26(13-11-25)23(28)24(3)15-29-16-24/h17-21H,4-16H2,1-3H3. The SMILES string of the molecule is CC1CCC(C)C(C2CCC(C(=O)N3CCN(C(=O)C4(C)COC4)CC3)CC2)C1. The first-order chi connectivity index (χ1) is 13.9. The number of carbonyl (C=O) groups is 2. The zero-order valence-electron chi connectivity index (χ0n) is 18.7. The number of carbonyl (C=O) groups excluding carboxylic acids is 2. The molecular weight excluding hydrogens is 364 g/mol. The van der Waals surface area contributed by atoms with E-state index in [1.165, 1.54) is 32.1 Å². The van der Waals surface area contributed by atoms with Crippen LogP contribution in [0.25, 0.3) is 0 Å². The first kappa shape index (κ1) is 21.1. The predicted octanol–water partition coefficient (Wildman–Crippen LogP) is 3.57. The Morgan fingerprint density at radius 1 is 0.862 bits per heavy atom. The molecule has 4 aliphatic rings. The van der Waals surface area contributed by atoms with Crippen molar-refractivity contribution >= 4 is 11.8 Å². The number of rotatable bonds is 3. The van der Waals surface area contributed by atoms with E-state index >= 15 is 0 Å². The number of hydrogen-bond acceptors (Lipinski definition) is 3. The van der Waals surface area contributed by atoms with Gasteiger partial charge in [-0.25, -0.2) is 0 Å². The quantitative estimate of drug-likeness (QED) is 0.722.